The molecule has 0 saturated carbocycles. The molecule has 1 aliphatic heterocycles. The summed E-state index contributed by atoms with van der Waals surface area (Å²) in [5.41, 5.74) is 1.93. The Bertz CT molecular complexity index is 781. The number of benzene rings is 2. The fourth-order valence-corrected chi connectivity index (χ4v) is 2.80. The van der Waals surface area contributed by atoms with Gasteiger partial charge in [0.2, 0.25) is 0 Å². The Balaban J connectivity index is 1.76. The molecule has 3 rings (SSSR count). The summed E-state index contributed by atoms with van der Waals surface area (Å²) in [5, 5.41) is 2.82. The molecule has 122 valence electrons. The minimum absolute atomic E-state index is 0.228. The molecule has 4 heteroatoms. The van der Waals surface area contributed by atoms with Gasteiger partial charge in [-0.1, -0.05) is 72.3 Å². The molecule has 1 N–H and O–H groups in total. The van der Waals surface area contributed by atoms with Crippen LogP contribution in [0.2, 0.25) is 0 Å². The average Bonchev–Trinajstić information content (AvgIpc) is 2.80. The van der Waals surface area contributed by atoms with Crippen LogP contribution in [0.25, 0.3) is 6.08 Å². The third-order valence-electron chi connectivity index (χ3n) is 4.30. The lowest BCUT2D eigenvalue weighted by molar-refractivity contribution is -0.130. The van der Waals surface area contributed by atoms with Crippen molar-refractivity contribution in [1.29, 1.82) is 0 Å². The first kappa shape index (κ1) is 16.0. The second kappa shape index (κ2) is 6.32. The van der Waals surface area contributed by atoms with E-state index >= 15 is 0 Å². The number of amides is 3. The van der Waals surface area contributed by atoms with Crippen LogP contribution in [0, 0.1) is 6.92 Å². The summed E-state index contributed by atoms with van der Waals surface area (Å²) in [5.74, 6) is -0.228. The topological polar surface area (TPSA) is 49.4 Å². The summed E-state index contributed by atoms with van der Waals surface area (Å²) in [4.78, 5) is 26.3. The standard InChI is InChI=1S/C20H20N2O2/c1-15-10-12-17(13-11-15)20(2)18(23)22(19(24)21-20)14-6-9-16-7-4-3-5-8-16/h3-13H,14H2,1-2H3,(H,21,24). The molecule has 2 aromatic rings. The lowest BCUT2D eigenvalue weighted by Gasteiger charge is -2.22. The van der Waals surface area contributed by atoms with Crippen LogP contribution in [0.5, 0.6) is 0 Å². The van der Waals surface area contributed by atoms with E-state index in [2.05, 4.69) is 5.32 Å². The van der Waals surface area contributed by atoms with Gasteiger partial charge in [-0.3, -0.25) is 9.69 Å². The van der Waals surface area contributed by atoms with Crippen molar-refractivity contribution in [2.45, 2.75) is 19.4 Å². The van der Waals surface area contributed by atoms with Crippen LogP contribution in [0.4, 0.5) is 4.79 Å². The molecule has 3 amide bonds. The number of hydrogen-bond acceptors (Lipinski definition) is 2. The molecule has 0 aliphatic carbocycles. The van der Waals surface area contributed by atoms with Gasteiger partial charge in [0, 0.05) is 6.54 Å². The van der Waals surface area contributed by atoms with E-state index in [0.717, 1.165) is 16.7 Å². The Morgan fingerprint density at radius 3 is 2.38 bits per heavy atom. The average molecular weight is 320 g/mol. The number of urea groups is 1. The number of carbonyl (C=O) groups is 2. The van der Waals surface area contributed by atoms with Crippen molar-refractivity contribution in [3.05, 3.63) is 77.4 Å². The number of hydrogen-bond donors (Lipinski definition) is 1. The van der Waals surface area contributed by atoms with Crippen LogP contribution < -0.4 is 5.32 Å². The van der Waals surface area contributed by atoms with Gasteiger partial charge in [-0.25, -0.2) is 4.79 Å². The number of imide groups is 1. The molecule has 1 aliphatic rings. The number of nitrogens with one attached hydrogen (secondary N) is 1. The molecule has 1 unspecified atom stereocenters. The smallest absolute Gasteiger partial charge is 0.319 e. The van der Waals surface area contributed by atoms with Crippen LogP contribution in [-0.4, -0.2) is 23.4 Å². The quantitative estimate of drug-likeness (QED) is 0.877. The van der Waals surface area contributed by atoms with Gasteiger partial charge in [0.15, 0.2) is 0 Å². The second-order valence-electron chi connectivity index (χ2n) is 6.15. The minimum atomic E-state index is -1.01. The Morgan fingerprint density at radius 2 is 1.71 bits per heavy atom. The van der Waals surface area contributed by atoms with Crippen molar-refractivity contribution in [3.8, 4) is 0 Å². The predicted octanol–water partition coefficient (Wildman–Crippen LogP) is 3.48. The van der Waals surface area contributed by atoms with E-state index < -0.39 is 5.54 Å². The van der Waals surface area contributed by atoms with Gasteiger partial charge in [-0.2, -0.15) is 0 Å². The predicted molar refractivity (Wildman–Crippen MR) is 94.3 cm³/mol. The van der Waals surface area contributed by atoms with Crippen LogP contribution in [-0.2, 0) is 10.3 Å². The molecule has 1 heterocycles. The van der Waals surface area contributed by atoms with E-state index in [1.54, 1.807) is 6.92 Å². The van der Waals surface area contributed by atoms with Crippen molar-refractivity contribution >= 4 is 18.0 Å². The molecule has 2 aromatic carbocycles. The molecule has 4 nitrogen and oxygen atoms in total. The maximum Gasteiger partial charge on any atom is 0.325 e. The molecule has 1 fully saturated rings. The lowest BCUT2D eigenvalue weighted by Crippen LogP contribution is -2.40. The van der Waals surface area contributed by atoms with E-state index in [4.69, 9.17) is 0 Å². The summed E-state index contributed by atoms with van der Waals surface area (Å²) in [6.07, 6.45) is 3.73. The van der Waals surface area contributed by atoms with Crippen LogP contribution >= 0.6 is 0 Å². The Hall–Kier alpha value is -2.88. The van der Waals surface area contributed by atoms with Gasteiger partial charge < -0.3 is 5.32 Å². The molecule has 0 bridgehead atoms. The highest BCUT2D eigenvalue weighted by molar-refractivity contribution is 6.07. The van der Waals surface area contributed by atoms with Crippen molar-refractivity contribution < 1.29 is 9.59 Å². The highest BCUT2D eigenvalue weighted by atomic mass is 16.2. The van der Waals surface area contributed by atoms with Crippen molar-refractivity contribution in [2.75, 3.05) is 6.54 Å². The first-order valence-corrected chi connectivity index (χ1v) is 7.93. The van der Waals surface area contributed by atoms with Gasteiger partial charge in [-0.15, -0.1) is 0 Å². The van der Waals surface area contributed by atoms with E-state index in [1.165, 1.54) is 4.90 Å². The van der Waals surface area contributed by atoms with E-state index in [9.17, 15) is 9.59 Å². The number of rotatable bonds is 4. The van der Waals surface area contributed by atoms with Gasteiger partial charge >= 0.3 is 6.03 Å². The molecule has 0 radical (unpaired) electrons. The number of carbonyl (C=O) groups excluding carboxylic acids is 2. The van der Waals surface area contributed by atoms with Gasteiger partial charge in [0.25, 0.3) is 5.91 Å². The van der Waals surface area contributed by atoms with E-state index in [-0.39, 0.29) is 18.5 Å². The largest absolute Gasteiger partial charge is 0.325 e. The van der Waals surface area contributed by atoms with Crippen molar-refractivity contribution in [2.24, 2.45) is 0 Å². The van der Waals surface area contributed by atoms with Crippen LogP contribution in [0.15, 0.2) is 60.7 Å². The molecule has 0 spiro atoms. The first-order valence-electron chi connectivity index (χ1n) is 7.93. The maximum absolute atomic E-state index is 12.8. The fourth-order valence-electron chi connectivity index (χ4n) is 2.80. The monoisotopic (exact) mass is 320 g/mol. The minimum Gasteiger partial charge on any atom is -0.319 e. The Morgan fingerprint density at radius 1 is 1.04 bits per heavy atom. The zero-order valence-corrected chi connectivity index (χ0v) is 13.8. The molecule has 0 aromatic heterocycles. The Kier molecular flexibility index (Phi) is 4.21. The molecular weight excluding hydrogens is 300 g/mol. The summed E-state index contributed by atoms with van der Waals surface area (Å²) in [6, 6.07) is 17.1. The first-order chi connectivity index (χ1) is 11.5. The summed E-state index contributed by atoms with van der Waals surface area (Å²) >= 11 is 0. The SMILES string of the molecule is Cc1ccc(C2(C)NC(=O)N(CC=Cc3ccccc3)C2=O)cc1. The number of aryl methyl sites for hydroxylation is 1. The number of nitrogens with zero attached hydrogens (tertiary/aromatic N) is 1. The van der Waals surface area contributed by atoms with Gasteiger partial charge in [-0.05, 0) is 25.0 Å². The normalized spacial score (nSPS) is 20.7. The zero-order valence-electron chi connectivity index (χ0n) is 13.8. The molecular formula is C20H20N2O2. The van der Waals surface area contributed by atoms with Gasteiger partial charge in [0.05, 0.1) is 0 Å². The lowest BCUT2D eigenvalue weighted by atomic mass is 9.91. The van der Waals surface area contributed by atoms with Crippen LogP contribution in [0.3, 0.4) is 0 Å². The van der Waals surface area contributed by atoms with Crippen molar-refractivity contribution in [3.63, 3.8) is 0 Å². The van der Waals surface area contributed by atoms with E-state index in [1.807, 2.05) is 73.7 Å². The third-order valence-corrected chi connectivity index (χ3v) is 4.30. The van der Waals surface area contributed by atoms with Crippen molar-refractivity contribution in [1.82, 2.24) is 10.2 Å². The van der Waals surface area contributed by atoms with E-state index in [0.29, 0.717) is 0 Å². The fraction of sp³-hybridized carbons (Fsp3) is 0.200. The molecule has 1 atom stereocenters. The summed E-state index contributed by atoms with van der Waals surface area (Å²) in [6.45, 7) is 3.99. The third kappa shape index (κ3) is 2.95. The zero-order chi connectivity index (χ0) is 17.2. The van der Waals surface area contributed by atoms with Gasteiger partial charge in [0.1, 0.15) is 5.54 Å². The summed E-state index contributed by atoms with van der Waals surface area (Å²) < 4.78 is 0. The highest BCUT2D eigenvalue weighted by Crippen LogP contribution is 2.28. The second-order valence-corrected chi connectivity index (χ2v) is 6.15. The summed E-state index contributed by atoms with van der Waals surface area (Å²) in [7, 11) is 0. The van der Waals surface area contributed by atoms with Crippen LogP contribution in [0.1, 0.15) is 23.6 Å². The Labute approximate surface area is 141 Å². The highest BCUT2D eigenvalue weighted by Gasteiger charge is 2.48. The maximum atomic E-state index is 12.8. The molecule has 1 saturated heterocycles. The molecule has 24 heavy (non-hydrogen) atoms.